The van der Waals surface area contributed by atoms with Crippen LogP contribution in [0, 0.1) is 0 Å². The fourth-order valence-corrected chi connectivity index (χ4v) is 3.45. The second-order valence-corrected chi connectivity index (χ2v) is 7.73. The predicted octanol–water partition coefficient (Wildman–Crippen LogP) is 3.33. The van der Waals surface area contributed by atoms with Crippen molar-refractivity contribution in [2.75, 3.05) is 25.2 Å². The number of hydrogen-bond donors (Lipinski definition) is 2. The summed E-state index contributed by atoms with van der Waals surface area (Å²) >= 11 is 7.62. The number of thioether (sulfide) groups is 1. The first kappa shape index (κ1) is 20.4. The number of halogens is 1. The number of likely N-dealkylation sites (N-methyl/N-ethyl adjacent to an activating group) is 1. The van der Waals surface area contributed by atoms with Crippen LogP contribution >= 0.6 is 23.4 Å². The third-order valence-corrected chi connectivity index (χ3v) is 5.47. The molecule has 1 unspecified atom stereocenters. The highest BCUT2D eigenvalue weighted by Crippen LogP contribution is 2.24. The summed E-state index contributed by atoms with van der Waals surface area (Å²) in [4.78, 5) is 14.4. The summed E-state index contributed by atoms with van der Waals surface area (Å²) < 4.78 is 5.81. The van der Waals surface area contributed by atoms with Crippen LogP contribution in [0.5, 0.6) is 0 Å². The van der Waals surface area contributed by atoms with Gasteiger partial charge < -0.3 is 14.6 Å². The zero-order valence-corrected chi connectivity index (χ0v) is 17.5. The van der Waals surface area contributed by atoms with Crippen LogP contribution in [0.4, 0.5) is 5.69 Å². The Hall–Kier alpha value is -2.35. The number of carbonyl (C=O) groups is 1. The Kier molecular flexibility index (Phi) is 6.72. The van der Waals surface area contributed by atoms with Gasteiger partial charge >= 0.3 is 0 Å². The molecule has 0 spiro atoms. The molecule has 1 aromatic heterocycles. The van der Waals surface area contributed by atoms with Gasteiger partial charge in [0.2, 0.25) is 5.89 Å². The molecule has 0 aliphatic rings. The number of nitrogens with one attached hydrogen (secondary N) is 2. The molecule has 3 rings (SSSR count). The van der Waals surface area contributed by atoms with Crippen LogP contribution in [-0.2, 0) is 4.79 Å². The summed E-state index contributed by atoms with van der Waals surface area (Å²) in [6.45, 7) is 2.23. The van der Waals surface area contributed by atoms with Gasteiger partial charge in [0.1, 0.15) is 0 Å². The monoisotopic (exact) mass is 417 g/mol. The van der Waals surface area contributed by atoms with Crippen molar-refractivity contribution in [1.82, 2.24) is 10.2 Å². The first-order valence-electron chi connectivity index (χ1n) is 8.82. The maximum Gasteiger partial charge on any atom is 0.279 e. The highest BCUT2D eigenvalue weighted by molar-refractivity contribution is 7.98. The fraction of sp³-hybridized carbons (Fsp3) is 0.250. The minimum atomic E-state index is -0.137. The zero-order chi connectivity index (χ0) is 20.1. The van der Waals surface area contributed by atoms with E-state index in [0.29, 0.717) is 16.8 Å². The molecule has 1 heterocycles. The molecule has 0 bridgehead atoms. The third-order valence-electron chi connectivity index (χ3n) is 4.44. The summed E-state index contributed by atoms with van der Waals surface area (Å²) in [5, 5.41) is 11.8. The van der Waals surface area contributed by atoms with E-state index in [1.54, 1.807) is 23.9 Å². The van der Waals surface area contributed by atoms with Crippen molar-refractivity contribution in [2.45, 2.75) is 17.9 Å². The standard InChI is InChI=1S/C20H21ClN4O2S/c1-13(19-23-24-20(27-19)14-7-6-8-15(21)11-14)25(2)12-18(26)22-16-9-4-5-10-17(16)28-3/h4-11,13H,12H2,1-3H3,(H,22,26)/p+1/t13-/m1/s1. The van der Waals surface area contributed by atoms with Crippen molar-refractivity contribution in [3.8, 4) is 11.5 Å². The molecule has 0 saturated heterocycles. The largest absolute Gasteiger partial charge is 0.415 e. The van der Waals surface area contributed by atoms with E-state index in [1.807, 2.05) is 56.6 Å². The average Bonchev–Trinajstić information content (AvgIpc) is 3.18. The molecular weight excluding hydrogens is 396 g/mol. The van der Waals surface area contributed by atoms with E-state index in [9.17, 15) is 4.79 Å². The Bertz CT molecular complexity index is 963. The number of para-hydroxylation sites is 1. The quantitative estimate of drug-likeness (QED) is 0.577. The highest BCUT2D eigenvalue weighted by Gasteiger charge is 2.24. The molecule has 1 amide bonds. The van der Waals surface area contributed by atoms with Crippen LogP contribution < -0.4 is 10.2 Å². The Morgan fingerprint density at radius 3 is 2.79 bits per heavy atom. The highest BCUT2D eigenvalue weighted by atomic mass is 35.5. The third kappa shape index (κ3) is 4.92. The number of carbonyl (C=O) groups excluding carboxylic acids is 1. The zero-order valence-electron chi connectivity index (χ0n) is 15.9. The molecule has 0 fully saturated rings. The van der Waals surface area contributed by atoms with Gasteiger partial charge in [0.15, 0.2) is 12.6 Å². The molecule has 2 N–H and O–H groups in total. The van der Waals surface area contributed by atoms with Crippen LogP contribution in [-0.4, -0.2) is 36.0 Å². The van der Waals surface area contributed by atoms with Crippen molar-refractivity contribution >= 4 is 35.0 Å². The molecule has 0 aliphatic carbocycles. The van der Waals surface area contributed by atoms with Crippen LogP contribution in [0.2, 0.25) is 5.02 Å². The van der Waals surface area contributed by atoms with E-state index in [4.69, 9.17) is 16.0 Å². The maximum atomic E-state index is 12.5. The van der Waals surface area contributed by atoms with Gasteiger partial charge in [-0.15, -0.1) is 22.0 Å². The van der Waals surface area contributed by atoms with E-state index >= 15 is 0 Å². The summed E-state index contributed by atoms with van der Waals surface area (Å²) in [5.74, 6) is 0.820. The van der Waals surface area contributed by atoms with Gasteiger partial charge in [0.05, 0.1) is 12.7 Å². The van der Waals surface area contributed by atoms with Crippen LogP contribution in [0.15, 0.2) is 57.8 Å². The van der Waals surface area contributed by atoms with E-state index in [1.165, 1.54) is 0 Å². The Morgan fingerprint density at radius 2 is 2.04 bits per heavy atom. The molecule has 3 aromatic rings. The Balaban J connectivity index is 1.64. The molecule has 8 heteroatoms. The van der Waals surface area contributed by atoms with E-state index in [0.717, 1.165) is 21.0 Å². The van der Waals surface area contributed by atoms with Crippen molar-refractivity contribution < 1.29 is 14.1 Å². The van der Waals surface area contributed by atoms with E-state index in [-0.39, 0.29) is 18.5 Å². The number of hydrogen-bond acceptors (Lipinski definition) is 5. The van der Waals surface area contributed by atoms with Crippen LogP contribution in [0.25, 0.3) is 11.5 Å². The van der Waals surface area contributed by atoms with Crippen molar-refractivity contribution in [3.63, 3.8) is 0 Å². The van der Waals surface area contributed by atoms with Crippen molar-refractivity contribution in [3.05, 3.63) is 59.4 Å². The minimum Gasteiger partial charge on any atom is -0.415 e. The molecular formula is C20H22ClN4O2S+. The summed E-state index contributed by atoms with van der Waals surface area (Å²) in [6.07, 6.45) is 1.98. The van der Waals surface area contributed by atoms with Gasteiger partial charge in [-0.3, -0.25) is 4.79 Å². The van der Waals surface area contributed by atoms with E-state index < -0.39 is 0 Å². The number of amides is 1. The van der Waals surface area contributed by atoms with Crippen LogP contribution in [0.3, 0.4) is 0 Å². The molecule has 2 aromatic carbocycles. The summed E-state index contributed by atoms with van der Waals surface area (Å²) in [6, 6.07) is 14.9. The second kappa shape index (κ2) is 9.23. The summed E-state index contributed by atoms with van der Waals surface area (Å²) in [7, 11) is 1.92. The average molecular weight is 418 g/mol. The first-order valence-corrected chi connectivity index (χ1v) is 10.4. The number of rotatable bonds is 7. The molecule has 2 atom stereocenters. The molecule has 28 heavy (non-hydrogen) atoms. The SMILES string of the molecule is CSc1ccccc1NC(=O)C[NH+](C)[C@H](C)c1nnc(-c2cccc(Cl)c2)o1. The van der Waals surface area contributed by atoms with Gasteiger partial charge in [-0.2, -0.15) is 0 Å². The van der Waals surface area contributed by atoms with Gasteiger partial charge in [-0.05, 0) is 43.5 Å². The Morgan fingerprint density at radius 1 is 1.25 bits per heavy atom. The maximum absolute atomic E-state index is 12.5. The van der Waals surface area contributed by atoms with Gasteiger partial charge in [-0.25, -0.2) is 0 Å². The molecule has 6 nitrogen and oxygen atoms in total. The lowest BCUT2D eigenvalue weighted by atomic mass is 10.2. The van der Waals surface area contributed by atoms with Crippen molar-refractivity contribution in [2.24, 2.45) is 0 Å². The smallest absolute Gasteiger partial charge is 0.279 e. The lowest BCUT2D eigenvalue weighted by molar-refractivity contribution is -0.903. The second-order valence-electron chi connectivity index (χ2n) is 6.45. The predicted molar refractivity (Wildman–Crippen MR) is 112 cm³/mol. The summed E-state index contributed by atoms with van der Waals surface area (Å²) in [5.41, 5.74) is 1.59. The number of nitrogens with zero attached hydrogens (tertiary/aromatic N) is 2. The lowest BCUT2D eigenvalue weighted by Gasteiger charge is -2.18. The fourth-order valence-electron chi connectivity index (χ4n) is 2.71. The molecule has 0 saturated carbocycles. The lowest BCUT2D eigenvalue weighted by Crippen LogP contribution is -3.10. The van der Waals surface area contributed by atoms with E-state index in [2.05, 4.69) is 15.5 Å². The topological polar surface area (TPSA) is 72.5 Å². The minimum absolute atomic E-state index is 0.0690. The number of anilines is 1. The number of quaternary nitrogens is 1. The van der Waals surface area contributed by atoms with Gasteiger partial charge in [-0.1, -0.05) is 29.8 Å². The number of aromatic nitrogens is 2. The van der Waals surface area contributed by atoms with Gasteiger partial charge in [0.25, 0.3) is 11.8 Å². The normalized spacial score (nSPS) is 13.1. The van der Waals surface area contributed by atoms with Crippen molar-refractivity contribution in [1.29, 1.82) is 0 Å². The molecule has 0 aliphatic heterocycles. The Labute approximate surface area is 173 Å². The molecule has 146 valence electrons. The van der Waals surface area contributed by atoms with Gasteiger partial charge in [0, 0.05) is 15.5 Å². The molecule has 0 radical (unpaired) electrons. The van der Waals surface area contributed by atoms with Crippen LogP contribution in [0.1, 0.15) is 18.9 Å². The first-order chi connectivity index (χ1) is 13.5. The number of benzene rings is 2.